The third-order valence-electron chi connectivity index (χ3n) is 4.22. The Balaban J connectivity index is 1.48. The minimum absolute atomic E-state index is 0.219. The highest BCUT2D eigenvalue weighted by Crippen LogP contribution is 2.30. The van der Waals surface area contributed by atoms with Crippen LogP contribution in [-0.2, 0) is 11.2 Å². The fraction of sp³-hybridized carbons (Fsp3) is 0.529. The molecule has 0 radical (unpaired) electrons. The van der Waals surface area contributed by atoms with Crippen LogP contribution in [0.3, 0.4) is 0 Å². The molecule has 22 heavy (non-hydrogen) atoms. The van der Waals surface area contributed by atoms with Gasteiger partial charge in [-0.25, -0.2) is 0 Å². The van der Waals surface area contributed by atoms with Crippen LogP contribution in [0, 0.1) is 11.3 Å². The molecule has 2 aliphatic rings. The van der Waals surface area contributed by atoms with Gasteiger partial charge in [0.1, 0.15) is 5.75 Å². The zero-order chi connectivity index (χ0) is 15.4. The standard InChI is InChI=1S/C17H21N3O2/c18-7-1-2-10-22-14-5-3-13(4-6-14)11-17(21)20-9-8-19-15-12-16(15)20/h3-6,15-16,19H,1-2,8-12H2. The number of fused-ring (bicyclic) bond motifs is 1. The number of nitriles is 1. The SMILES string of the molecule is N#CCCCOc1ccc(CC(=O)N2CCNC3CC32)cc1. The molecule has 1 aliphatic carbocycles. The molecular weight excluding hydrogens is 278 g/mol. The lowest BCUT2D eigenvalue weighted by Gasteiger charge is -2.27. The smallest absolute Gasteiger partial charge is 0.227 e. The second-order valence-corrected chi connectivity index (χ2v) is 5.88. The molecule has 1 N–H and O–H groups in total. The van der Waals surface area contributed by atoms with Crippen LogP contribution >= 0.6 is 0 Å². The summed E-state index contributed by atoms with van der Waals surface area (Å²) in [5, 5.41) is 11.9. The van der Waals surface area contributed by atoms with Gasteiger partial charge in [0.15, 0.2) is 0 Å². The van der Waals surface area contributed by atoms with Crippen molar-refractivity contribution in [1.29, 1.82) is 5.26 Å². The van der Waals surface area contributed by atoms with Crippen LogP contribution in [0.25, 0.3) is 0 Å². The fourth-order valence-corrected chi connectivity index (χ4v) is 2.91. The van der Waals surface area contributed by atoms with E-state index in [4.69, 9.17) is 10.00 Å². The average Bonchev–Trinajstić information content (AvgIpc) is 3.32. The topological polar surface area (TPSA) is 65.4 Å². The zero-order valence-electron chi connectivity index (χ0n) is 12.6. The molecule has 2 unspecified atom stereocenters. The first-order valence-electron chi connectivity index (χ1n) is 7.89. The summed E-state index contributed by atoms with van der Waals surface area (Å²) in [4.78, 5) is 14.4. The molecule has 1 aromatic carbocycles. The van der Waals surface area contributed by atoms with Gasteiger partial charge < -0.3 is 15.0 Å². The molecule has 0 spiro atoms. The van der Waals surface area contributed by atoms with E-state index in [1.54, 1.807) is 0 Å². The first-order valence-corrected chi connectivity index (χ1v) is 7.89. The third-order valence-corrected chi connectivity index (χ3v) is 4.22. The van der Waals surface area contributed by atoms with Crippen molar-refractivity contribution in [3.63, 3.8) is 0 Å². The number of unbranched alkanes of at least 4 members (excludes halogenated alkanes) is 1. The second-order valence-electron chi connectivity index (χ2n) is 5.88. The van der Waals surface area contributed by atoms with Crippen LogP contribution in [0.15, 0.2) is 24.3 Å². The van der Waals surface area contributed by atoms with E-state index in [-0.39, 0.29) is 5.91 Å². The molecule has 1 aliphatic heterocycles. The van der Waals surface area contributed by atoms with Crippen molar-refractivity contribution in [3.05, 3.63) is 29.8 Å². The summed E-state index contributed by atoms with van der Waals surface area (Å²) in [6.07, 6.45) is 2.81. The molecule has 1 saturated carbocycles. The molecule has 0 aromatic heterocycles. The van der Waals surface area contributed by atoms with Crippen LogP contribution in [0.5, 0.6) is 5.75 Å². The Morgan fingerprint density at radius 2 is 2.23 bits per heavy atom. The van der Waals surface area contributed by atoms with E-state index in [2.05, 4.69) is 11.4 Å². The summed E-state index contributed by atoms with van der Waals surface area (Å²) in [6.45, 7) is 2.28. The highest BCUT2D eigenvalue weighted by atomic mass is 16.5. The number of hydrogen-bond acceptors (Lipinski definition) is 4. The van der Waals surface area contributed by atoms with Crippen LogP contribution < -0.4 is 10.1 Å². The summed E-state index contributed by atoms with van der Waals surface area (Å²) >= 11 is 0. The third kappa shape index (κ3) is 3.58. The summed E-state index contributed by atoms with van der Waals surface area (Å²) < 4.78 is 5.55. The Hall–Kier alpha value is -2.06. The zero-order valence-corrected chi connectivity index (χ0v) is 12.6. The predicted molar refractivity (Wildman–Crippen MR) is 82.4 cm³/mol. The van der Waals surface area contributed by atoms with E-state index in [0.717, 1.165) is 37.2 Å². The van der Waals surface area contributed by atoms with Crippen molar-refractivity contribution in [2.75, 3.05) is 19.7 Å². The Bertz CT molecular complexity index is 564. The van der Waals surface area contributed by atoms with Gasteiger partial charge >= 0.3 is 0 Å². The first-order chi connectivity index (χ1) is 10.8. The quantitative estimate of drug-likeness (QED) is 0.808. The van der Waals surface area contributed by atoms with E-state index in [1.807, 2.05) is 29.2 Å². The van der Waals surface area contributed by atoms with Gasteiger partial charge in [-0.05, 0) is 30.5 Å². The van der Waals surface area contributed by atoms with Gasteiger partial charge in [0, 0.05) is 31.6 Å². The highest BCUT2D eigenvalue weighted by Gasteiger charge is 2.45. The Morgan fingerprint density at radius 3 is 3.00 bits per heavy atom. The molecule has 5 heteroatoms. The lowest BCUT2D eigenvalue weighted by atomic mass is 10.1. The number of rotatable bonds is 6. The van der Waals surface area contributed by atoms with Crippen LogP contribution in [0.1, 0.15) is 24.8 Å². The monoisotopic (exact) mass is 299 g/mol. The van der Waals surface area contributed by atoms with E-state index >= 15 is 0 Å². The number of carbonyl (C=O) groups is 1. The normalized spacial score (nSPS) is 22.6. The highest BCUT2D eigenvalue weighted by molar-refractivity contribution is 5.79. The lowest BCUT2D eigenvalue weighted by Crippen LogP contribution is -2.47. The molecule has 116 valence electrons. The largest absolute Gasteiger partial charge is 0.494 e. The molecule has 1 amide bonds. The molecule has 1 heterocycles. The van der Waals surface area contributed by atoms with Gasteiger partial charge in [-0.15, -0.1) is 0 Å². The number of ether oxygens (including phenoxy) is 1. The van der Waals surface area contributed by atoms with Crippen molar-refractivity contribution in [2.45, 2.75) is 37.8 Å². The van der Waals surface area contributed by atoms with Crippen molar-refractivity contribution in [2.24, 2.45) is 0 Å². The van der Waals surface area contributed by atoms with Gasteiger partial charge in [-0.2, -0.15) is 5.26 Å². The molecule has 1 aromatic rings. The second kappa shape index (κ2) is 6.80. The Morgan fingerprint density at radius 1 is 1.41 bits per heavy atom. The number of benzene rings is 1. The maximum atomic E-state index is 12.4. The summed E-state index contributed by atoms with van der Waals surface area (Å²) in [5.41, 5.74) is 1.02. The van der Waals surface area contributed by atoms with Gasteiger partial charge in [0.2, 0.25) is 5.91 Å². The summed E-state index contributed by atoms with van der Waals surface area (Å²) in [5.74, 6) is 1.01. The van der Waals surface area contributed by atoms with Crippen molar-refractivity contribution >= 4 is 5.91 Å². The molecule has 2 atom stereocenters. The number of nitrogens with one attached hydrogen (secondary N) is 1. The summed E-state index contributed by atoms with van der Waals surface area (Å²) in [6, 6.07) is 10.7. The minimum atomic E-state index is 0.219. The number of amides is 1. The van der Waals surface area contributed by atoms with E-state index in [1.165, 1.54) is 0 Å². The molecule has 0 bridgehead atoms. The minimum Gasteiger partial charge on any atom is -0.494 e. The Kier molecular flexibility index (Phi) is 4.59. The maximum Gasteiger partial charge on any atom is 0.227 e. The molecule has 1 saturated heterocycles. The number of piperazine rings is 1. The van der Waals surface area contributed by atoms with Gasteiger partial charge in [0.25, 0.3) is 0 Å². The molecule has 2 fully saturated rings. The fourth-order valence-electron chi connectivity index (χ4n) is 2.91. The maximum absolute atomic E-state index is 12.4. The average molecular weight is 299 g/mol. The van der Waals surface area contributed by atoms with E-state index < -0.39 is 0 Å². The van der Waals surface area contributed by atoms with Gasteiger partial charge in [0.05, 0.1) is 19.1 Å². The molecular formula is C17H21N3O2. The van der Waals surface area contributed by atoms with Gasteiger partial charge in [-0.1, -0.05) is 12.1 Å². The number of carbonyl (C=O) groups excluding carboxylic acids is 1. The van der Waals surface area contributed by atoms with E-state index in [0.29, 0.717) is 31.5 Å². The van der Waals surface area contributed by atoms with Crippen LogP contribution in [0.4, 0.5) is 0 Å². The van der Waals surface area contributed by atoms with Crippen molar-refractivity contribution in [1.82, 2.24) is 10.2 Å². The van der Waals surface area contributed by atoms with E-state index in [9.17, 15) is 4.79 Å². The number of hydrogen-bond donors (Lipinski definition) is 1. The number of nitrogens with zero attached hydrogens (tertiary/aromatic N) is 2. The van der Waals surface area contributed by atoms with Crippen LogP contribution in [-0.4, -0.2) is 42.6 Å². The van der Waals surface area contributed by atoms with Crippen LogP contribution in [0.2, 0.25) is 0 Å². The van der Waals surface area contributed by atoms with Crippen molar-refractivity contribution < 1.29 is 9.53 Å². The summed E-state index contributed by atoms with van der Waals surface area (Å²) in [7, 11) is 0. The predicted octanol–water partition coefficient (Wildman–Crippen LogP) is 1.48. The molecule has 5 nitrogen and oxygen atoms in total. The molecule has 3 rings (SSSR count). The lowest BCUT2D eigenvalue weighted by molar-refractivity contribution is -0.131. The first kappa shape index (κ1) is 14.9. The Labute approximate surface area is 130 Å². The van der Waals surface area contributed by atoms with Crippen molar-refractivity contribution in [3.8, 4) is 11.8 Å². The van der Waals surface area contributed by atoms with Gasteiger partial charge in [-0.3, -0.25) is 4.79 Å².